The Morgan fingerprint density at radius 1 is 1.40 bits per heavy atom. The van der Waals surface area contributed by atoms with E-state index in [9.17, 15) is 0 Å². The summed E-state index contributed by atoms with van der Waals surface area (Å²) in [6.07, 6.45) is 3.88. The van der Waals surface area contributed by atoms with Gasteiger partial charge < -0.3 is 9.15 Å². The Bertz CT molecular complexity index is 244. The lowest BCUT2D eigenvalue weighted by atomic mass is 9.85. The van der Waals surface area contributed by atoms with Crippen molar-refractivity contribution in [2.45, 2.75) is 33.3 Å². The number of furan rings is 1. The molecule has 86 valence electrons. The molecule has 0 bridgehead atoms. The quantitative estimate of drug-likeness (QED) is 0.721. The summed E-state index contributed by atoms with van der Waals surface area (Å²) >= 11 is 4.41. The molecule has 0 fully saturated rings. The zero-order valence-electron chi connectivity index (χ0n) is 9.53. The molecule has 1 aromatic rings. The lowest BCUT2D eigenvalue weighted by Gasteiger charge is -2.29. The molecular weight excluding hydrogens is 208 g/mol. The fraction of sp³-hybridized carbons (Fsp3) is 0.667. The molecule has 0 aliphatic rings. The predicted molar refractivity (Wildman–Crippen MR) is 65.2 cm³/mol. The first-order valence-corrected chi connectivity index (χ1v) is 6.10. The summed E-state index contributed by atoms with van der Waals surface area (Å²) in [5, 5.41) is 0. The van der Waals surface area contributed by atoms with E-state index >= 15 is 0 Å². The Morgan fingerprint density at radius 2 is 2.13 bits per heavy atom. The smallest absolute Gasteiger partial charge is 0.129 e. The summed E-state index contributed by atoms with van der Waals surface area (Å²) in [5.41, 5.74) is 0.218. The Balaban J connectivity index is 2.34. The molecule has 0 aliphatic heterocycles. The van der Waals surface area contributed by atoms with Gasteiger partial charge in [0.1, 0.15) is 12.4 Å². The summed E-state index contributed by atoms with van der Waals surface area (Å²) in [4.78, 5) is 0. The molecule has 0 unspecified atom stereocenters. The highest BCUT2D eigenvalue weighted by molar-refractivity contribution is 7.80. The molecule has 1 aromatic heterocycles. The Morgan fingerprint density at radius 3 is 2.60 bits per heavy atom. The van der Waals surface area contributed by atoms with Gasteiger partial charge in [0.05, 0.1) is 12.9 Å². The zero-order valence-corrected chi connectivity index (χ0v) is 10.4. The van der Waals surface area contributed by atoms with Crippen molar-refractivity contribution in [3.63, 3.8) is 0 Å². The van der Waals surface area contributed by atoms with Crippen LogP contribution in [0.3, 0.4) is 0 Å². The van der Waals surface area contributed by atoms with Crippen molar-refractivity contribution < 1.29 is 9.15 Å². The van der Waals surface area contributed by atoms with Crippen LogP contribution in [0.4, 0.5) is 0 Å². The van der Waals surface area contributed by atoms with Gasteiger partial charge in [0.25, 0.3) is 0 Å². The van der Waals surface area contributed by atoms with E-state index in [0.717, 1.165) is 31.0 Å². The SMILES string of the molecule is CCC(CC)(CS)COCc1ccco1. The summed E-state index contributed by atoms with van der Waals surface area (Å²) in [6.45, 7) is 5.69. The molecule has 3 heteroatoms. The minimum atomic E-state index is 0.218. The second-order valence-electron chi connectivity index (χ2n) is 3.94. The minimum absolute atomic E-state index is 0.218. The van der Waals surface area contributed by atoms with Gasteiger partial charge in [-0.2, -0.15) is 12.6 Å². The lowest BCUT2D eigenvalue weighted by Crippen LogP contribution is -2.27. The van der Waals surface area contributed by atoms with Crippen molar-refractivity contribution in [1.29, 1.82) is 0 Å². The van der Waals surface area contributed by atoms with Crippen LogP contribution < -0.4 is 0 Å². The third kappa shape index (κ3) is 3.58. The average Bonchev–Trinajstić information content (AvgIpc) is 2.78. The molecule has 1 heterocycles. The molecule has 15 heavy (non-hydrogen) atoms. The van der Waals surface area contributed by atoms with E-state index in [1.54, 1.807) is 6.26 Å². The maximum atomic E-state index is 5.67. The predicted octanol–water partition coefficient (Wildman–Crippen LogP) is 3.53. The molecule has 0 saturated heterocycles. The van der Waals surface area contributed by atoms with Crippen LogP contribution in [0.2, 0.25) is 0 Å². The van der Waals surface area contributed by atoms with Crippen LogP contribution in [0.1, 0.15) is 32.4 Å². The van der Waals surface area contributed by atoms with Gasteiger partial charge >= 0.3 is 0 Å². The van der Waals surface area contributed by atoms with Crippen LogP contribution in [0.5, 0.6) is 0 Å². The topological polar surface area (TPSA) is 22.4 Å². The monoisotopic (exact) mass is 228 g/mol. The summed E-state index contributed by atoms with van der Waals surface area (Å²) in [5.74, 6) is 1.76. The van der Waals surface area contributed by atoms with Crippen LogP contribution in [0.25, 0.3) is 0 Å². The van der Waals surface area contributed by atoms with Crippen molar-refractivity contribution >= 4 is 12.6 Å². The van der Waals surface area contributed by atoms with Gasteiger partial charge in [-0.15, -0.1) is 0 Å². The van der Waals surface area contributed by atoms with E-state index in [-0.39, 0.29) is 5.41 Å². The third-order valence-corrected chi connectivity index (χ3v) is 3.74. The summed E-state index contributed by atoms with van der Waals surface area (Å²) < 4.78 is 10.9. The van der Waals surface area contributed by atoms with E-state index in [4.69, 9.17) is 9.15 Å². The van der Waals surface area contributed by atoms with Gasteiger partial charge in [0.2, 0.25) is 0 Å². The van der Waals surface area contributed by atoms with Crippen molar-refractivity contribution in [2.24, 2.45) is 5.41 Å². The van der Waals surface area contributed by atoms with Crippen LogP contribution in [0.15, 0.2) is 22.8 Å². The minimum Gasteiger partial charge on any atom is -0.467 e. The van der Waals surface area contributed by atoms with E-state index < -0.39 is 0 Å². The molecule has 0 spiro atoms. The van der Waals surface area contributed by atoms with Gasteiger partial charge in [-0.05, 0) is 30.7 Å². The van der Waals surface area contributed by atoms with Crippen molar-refractivity contribution in [3.8, 4) is 0 Å². The highest BCUT2D eigenvalue weighted by atomic mass is 32.1. The first kappa shape index (κ1) is 12.7. The molecule has 1 rings (SSSR count). The summed E-state index contributed by atoms with van der Waals surface area (Å²) in [7, 11) is 0. The average molecular weight is 228 g/mol. The Kier molecular flexibility index (Phi) is 5.26. The number of hydrogen-bond donors (Lipinski definition) is 1. The first-order valence-electron chi connectivity index (χ1n) is 5.47. The van der Waals surface area contributed by atoms with Crippen molar-refractivity contribution in [3.05, 3.63) is 24.2 Å². The van der Waals surface area contributed by atoms with Crippen LogP contribution in [-0.4, -0.2) is 12.4 Å². The second-order valence-corrected chi connectivity index (χ2v) is 4.25. The van der Waals surface area contributed by atoms with Crippen LogP contribution >= 0.6 is 12.6 Å². The standard InChI is InChI=1S/C12H20O2S/c1-3-12(4-2,10-15)9-13-8-11-6-5-7-14-11/h5-7,15H,3-4,8-10H2,1-2H3. The van der Waals surface area contributed by atoms with Crippen molar-refractivity contribution in [1.82, 2.24) is 0 Å². The number of rotatable bonds is 7. The van der Waals surface area contributed by atoms with Gasteiger partial charge in [0, 0.05) is 5.41 Å². The normalized spacial score (nSPS) is 11.9. The Labute approximate surface area is 97.4 Å². The van der Waals surface area contributed by atoms with Gasteiger partial charge in [0.15, 0.2) is 0 Å². The fourth-order valence-corrected chi connectivity index (χ4v) is 2.02. The molecule has 0 atom stereocenters. The van der Waals surface area contributed by atoms with Gasteiger partial charge in [-0.1, -0.05) is 13.8 Å². The lowest BCUT2D eigenvalue weighted by molar-refractivity contribution is 0.0328. The van der Waals surface area contributed by atoms with E-state index in [1.807, 2.05) is 12.1 Å². The summed E-state index contributed by atoms with van der Waals surface area (Å²) in [6, 6.07) is 3.81. The van der Waals surface area contributed by atoms with E-state index in [0.29, 0.717) is 6.61 Å². The van der Waals surface area contributed by atoms with E-state index in [1.165, 1.54) is 0 Å². The largest absolute Gasteiger partial charge is 0.467 e. The van der Waals surface area contributed by atoms with Crippen molar-refractivity contribution in [2.75, 3.05) is 12.4 Å². The second kappa shape index (κ2) is 6.23. The molecule has 0 radical (unpaired) electrons. The molecule has 0 amide bonds. The van der Waals surface area contributed by atoms with Gasteiger partial charge in [-0.3, -0.25) is 0 Å². The number of ether oxygens (including phenoxy) is 1. The molecule has 0 aliphatic carbocycles. The fourth-order valence-electron chi connectivity index (χ4n) is 1.49. The van der Waals surface area contributed by atoms with E-state index in [2.05, 4.69) is 26.5 Å². The molecule has 0 aromatic carbocycles. The Hall–Kier alpha value is -0.410. The van der Waals surface area contributed by atoms with Crippen LogP contribution in [0, 0.1) is 5.41 Å². The molecule has 0 saturated carbocycles. The zero-order chi connectivity index (χ0) is 11.1. The molecule has 0 N–H and O–H groups in total. The maximum absolute atomic E-state index is 5.67. The highest BCUT2D eigenvalue weighted by Crippen LogP contribution is 2.28. The molecular formula is C12H20O2S. The highest BCUT2D eigenvalue weighted by Gasteiger charge is 2.24. The molecule has 2 nitrogen and oxygen atoms in total. The maximum Gasteiger partial charge on any atom is 0.129 e. The number of thiol groups is 1. The first-order chi connectivity index (χ1) is 7.26. The third-order valence-electron chi connectivity index (χ3n) is 3.07. The van der Waals surface area contributed by atoms with Crippen LogP contribution in [-0.2, 0) is 11.3 Å². The number of hydrogen-bond acceptors (Lipinski definition) is 3. The van der Waals surface area contributed by atoms with Gasteiger partial charge in [-0.25, -0.2) is 0 Å².